The minimum atomic E-state index is -0.269. The van der Waals surface area contributed by atoms with Crippen molar-refractivity contribution in [1.29, 1.82) is 0 Å². The molecule has 2 aliphatic rings. The summed E-state index contributed by atoms with van der Waals surface area (Å²) >= 11 is 0. The van der Waals surface area contributed by atoms with E-state index in [0.717, 1.165) is 16.9 Å². The predicted molar refractivity (Wildman–Crippen MR) is 112 cm³/mol. The van der Waals surface area contributed by atoms with Gasteiger partial charge < -0.3 is 14.5 Å². The number of nitrogens with one attached hydrogen (secondary N) is 2. The van der Waals surface area contributed by atoms with Crippen LogP contribution in [0.15, 0.2) is 48.8 Å². The molecule has 2 aromatic rings. The second-order valence-electron chi connectivity index (χ2n) is 7.65. The number of carbonyl (C=O) groups is 2. The number of pyridine rings is 1. The highest BCUT2D eigenvalue weighted by atomic mass is 16.5. The number of hydrogen-bond donors (Lipinski definition) is 2. The minimum Gasteiger partial charge on any atom is -0.497 e. The van der Waals surface area contributed by atoms with Gasteiger partial charge in [0.15, 0.2) is 0 Å². The molecule has 158 valence electrons. The summed E-state index contributed by atoms with van der Waals surface area (Å²) in [6.45, 7) is 2.22. The zero-order valence-corrected chi connectivity index (χ0v) is 17.1. The molecule has 0 saturated carbocycles. The fourth-order valence-corrected chi connectivity index (χ4v) is 3.98. The largest absolute Gasteiger partial charge is 0.497 e. The topological polar surface area (TPSA) is 86.8 Å². The summed E-state index contributed by atoms with van der Waals surface area (Å²) in [6, 6.07) is 11.3. The molecule has 2 fully saturated rings. The molecule has 30 heavy (non-hydrogen) atoms. The number of ether oxygens (including phenoxy) is 1. The SMILES string of the molecule is COc1cccc(CC(=O)N2CCN(C(=O)C3CC(c4cccnc4)NN3)CC2)c1. The molecule has 8 nitrogen and oxygen atoms in total. The third kappa shape index (κ3) is 4.60. The molecule has 2 atom stereocenters. The molecule has 2 aliphatic heterocycles. The van der Waals surface area contributed by atoms with Crippen molar-refractivity contribution >= 4 is 11.8 Å². The van der Waals surface area contributed by atoms with Crippen molar-refractivity contribution in [3.63, 3.8) is 0 Å². The van der Waals surface area contributed by atoms with Gasteiger partial charge in [-0.15, -0.1) is 0 Å². The molecule has 2 amide bonds. The molecular formula is C22H27N5O3. The summed E-state index contributed by atoms with van der Waals surface area (Å²) in [7, 11) is 1.62. The fourth-order valence-electron chi connectivity index (χ4n) is 3.98. The summed E-state index contributed by atoms with van der Waals surface area (Å²) in [6.07, 6.45) is 4.58. The Hall–Kier alpha value is -2.97. The van der Waals surface area contributed by atoms with Gasteiger partial charge in [-0.05, 0) is 35.7 Å². The molecule has 3 heterocycles. The van der Waals surface area contributed by atoms with Crippen molar-refractivity contribution in [3.8, 4) is 5.75 Å². The maximum Gasteiger partial charge on any atom is 0.241 e. The van der Waals surface area contributed by atoms with Crippen LogP contribution in [-0.4, -0.2) is 65.9 Å². The first kappa shape index (κ1) is 20.3. The van der Waals surface area contributed by atoms with Crippen LogP contribution in [0.25, 0.3) is 0 Å². The lowest BCUT2D eigenvalue weighted by Crippen LogP contribution is -2.54. The number of methoxy groups -OCH3 is 1. The van der Waals surface area contributed by atoms with Crippen LogP contribution in [0.2, 0.25) is 0 Å². The Kier molecular flexibility index (Phi) is 6.25. The zero-order chi connectivity index (χ0) is 20.9. The summed E-state index contributed by atoms with van der Waals surface area (Å²) in [4.78, 5) is 33.4. The standard InChI is InChI=1S/C22H27N5O3/c1-30-18-6-2-4-16(12-18)13-21(28)26-8-10-27(11-9-26)22(29)20-14-19(24-25-20)17-5-3-7-23-15-17/h2-7,12,15,19-20,24-25H,8-11,13-14H2,1H3. The van der Waals surface area contributed by atoms with Gasteiger partial charge >= 0.3 is 0 Å². The number of hydrogen-bond acceptors (Lipinski definition) is 6. The minimum absolute atomic E-state index is 0.0679. The van der Waals surface area contributed by atoms with Gasteiger partial charge in [-0.3, -0.25) is 14.6 Å². The molecule has 2 N–H and O–H groups in total. The van der Waals surface area contributed by atoms with Crippen molar-refractivity contribution < 1.29 is 14.3 Å². The van der Waals surface area contributed by atoms with Crippen LogP contribution in [0.5, 0.6) is 5.75 Å². The van der Waals surface area contributed by atoms with Crippen molar-refractivity contribution in [2.45, 2.75) is 24.9 Å². The van der Waals surface area contributed by atoms with Crippen LogP contribution in [0.4, 0.5) is 0 Å². The van der Waals surface area contributed by atoms with Crippen LogP contribution >= 0.6 is 0 Å². The lowest BCUT2D eigenvalue weighted by atomic mass is 10.0. The van der Waals surface area contributed by atoms with E-state index in [9.17, 15) is 9.59 Å². The maximum absolute atomic E-state index is 12.9. The van der Waals surface area contributed by atoms with Crippen LogP contribution in [0.3, 0.4) is 0 Å². The van der Waals surface area contributed by atoms with Crippen molar-refractivity contribution in [2.75, 3.05) is 33.3 Å². The van der Waals surface area contributed by atoms with E-state index < -0.39 is 0 Å². The van der Waals surface area contributed by atoms with E-state index in [0.29, 0.717) is 39.0 Å². The third-order valence-corrected chi connectivity index (χ3v) is 5.72. The first-order valence-electron chi connectivity index (χ1n) is 10.2. The molecule has 1 aromatic carbocycles. The highest BCUT2D eigenvalue weighted by molar-refractivity contribution is 5.83. The lowest BCUT2D eigenvalue weighted by Gasteiger charge is -2.36. The number of rotatable bonds is 5. The van der Waals surface area contributed by atoms with Gasteiger partial charge in [0.2, 0.25) is 11.8 Å². The summed E-state index contributed by atoms with van der Waals surface area (Å²) in [5, 5.41) is 0. The molecule has 8 heteroatoms. The van der Waals surface area contributed by atoms with Gasteiger partial charge in [0.25, 0.3) is 0 Å². The first-order chi connectivity index (χ1) is 14.6. The molecule has 2 saturated heterocycles. The number of nitrogens with zero attached hydrogens (tertiary/aromatic N) is 3. The second-order valence-corrected chi connectivity index (χ2v) is 7.65. The van der Waals surface area contributed by atoms with E-state index in [1.54, 1.807) is 13.3 Å². The number of piperazine rings is 1. The molecular weight excluding hydrogens is 382 g/mol. The lowest BCUT2D eigenvalue weighted by molar-refractivity contribution is -0.140. The van der Waals surface area contributed by atoms with E-state index in [1.165, 1.54) is 0 Å². The van der Waals surface area contributed by atoms with Crippen LogP contribution in [0, 0.1) is 0 Å². The number of benzene rings is 1. The molecule has 1 aromatic heterocycles. The maximum atomic E-state index is 12.9. The van der Waals surface area contributed by atoms with Crippen molar-refractivity contribution in [3.05, 3.63) is 59.9 Å². The molecule has 2 unspecified atom stereocenters. The van der Waals surface area contributed by atoms with E-state index in [2.05, 4.69) is 15.8 Å². The predicted octanol–water partition coefficient (Wildman–Crippen LogP) is 0.911. The van der Waals surface area contributed by atoms with Crippen molar-refractivity contribution in [1.82, 2.24) is 25.6 Å². The van der Waals surface area contributed by atoms with Gasteiger partial charge in [0, 0.05) is 44.6 Å². The number of carbonyl (C=O) groups excluding carboxylic acids is 2. The average Bonchev–Trinajstić information content (AvgIpc) is 3.30. The Morgan fingerprint density at radius 3 is 2.63 bits per heavy atom. The van der Waals surface area contributed by atoms with Crippen molar-refractivity contribution in [2.24, 2.45) is 0 Å². The van der Waals surface area contributed by atoms with Gasteiger partial charge in [-0.2, -0.15) is 0 Å². The monoisotopic (exact) mass is 409 g/mol. The second kappa shape index (κ2) is 9.23. The molecule has 0 radical (unpaired) electrons. The number of hydrazine groups is 1. The number of amides is 2. The van der Waals surface area contributed by atoms with E-state index in [-0.39, 0.29) is 23.9 Å². The molecule has 0 bridgehead atoms. The zero-order valence-electron chi connectivity index (χ0n) is 17.1. The summed E-state index contributed by atoms with van der Waals surface area (Å²) < 4.78 is 5.22. The number of aromatic nitrogens is 1. The average molecular weight is 409 g/mol. The third-order valence-electron chi connectivity index (χ3n) is 5.72. The van der Waals surface area contributed by atoms with Crippen LogP contribution in [-0.2, 0) is 16.0 Å². The Morgan fingerprint density at radius 2 is 1.90 bits per heavy atom. The Balaban J connectivity index is 1.27. The smallest absolute Gasteiger partial charge is 0.241 e. The Morgan fingerprint density at radius 1 is 1.10 bits per heavy atom. The normalized spacial score (nSPS) is 21.5. The first-order valence-corrected chi connectivity index (χ1v) is 10.2. The van der Waals surface area contributed by atoms with E-state index in [1.807, 2.05) is 52.4 Å². The van der Waals surface area contributed by atoms with E-state index in [4.69, 9.17) is 4.74 Å². The summed E-state index contributed by atoms with van der Waals surface area (Å²) in [5.41, 5.74) is 8.31. The molecule has 0 aliphatic carbocycles. The fraction of sp³-hybridized carbons (Fsp3) is 0.409. The molecule has 0 spiro atoms. The molecule has 4 rings (SSSR count). The Labute approximate surface area is 176 Å². The summed E-state index contributed by atoms with van der Waals surface area (Å²) in [5.74, 6) is 0.902. The highest BCUT2D eigenvalue weighted by Crippen LogP contribution is 2.22. The highest BCUT2D eigenvalue weighted by Gasteiger charge is 2.34. The Bertz CT molecular complexity index is 883. The van der Waals surface area contributed by atoms with E-state index >= 15 is 0 Å². The van der Waals surface area contributed by atoms with Crippen LogP contribution in [0.1, 0.15) is 23.6 Å². The van der Waals surface area contributed by atoms with Gasteiger partial charge in [0.1, 0.15) is 11.8 Å². The quantitative estimate of drug-likeness (QED) is 0.764. The van der Waals surface area contributed by atoms with Crippen LogP contribution < -0.4 is 15.6 Å². The van der Waals surface area contributed by atoms with Gasteiger partial charge in [-0.1, -0.05) is 18.2 Å². The van der Waals surface area contributed by atoms with Gasteiger partial charge in [0.05, 0.1) is 13.5 Å². The van der Waals surface area contributed by atoms with Gasteiger partial charge in [-0.25, -0.2) is 10.9 Å².